The number of benzene rings is 2. The molecule has 0 saturated heterocycles. The minimum absolute atomic E-state index is 0.244. The second-order valence-corrected chi connectivity index (χ2v) is 6.93. The van der Waals surface area contributed by atoms with Gasteiger partial charge in [-0.25, -0.2) is 4.79 Å². The zero-order chi connectivity index (χ0) is 17.8. The predicted octanol–water partition coefficient (Wildman–Crippen LogP) is 4.01. The second-order valence-electron chi connectivity index (χ2n) is 6.93. The van der Waals surface area contributed by atoms with E-state index in [4.69, 9.17) is 4.84 Å². The van der Waals surface area contributed by atoms with Crippen LogP contribution in [-0.4, -0.2) is 16.9 Å². The fraction of sp³-hybridized carbons (Fsp3) is 0.333. The Morgan fingerprint density at radius 1 is 1.08 bits per heavy atom. The molecule has 1 amide bonds. The summed E-state index contributed by atoms with van der Waals surface area (Å²) in [5.74, 6) is -0.475. The molecule has 1 aliphatic heterocycles. The Morgan fingerprint density at radius 2 is 1.76 bits per heavy atom. The van der Waals surface area contributed by atoms with E-state index < -0.39 is 0 Å². The lowest BCUT2D eigenvalue weighted by Crippen LogP contribution is -2.32. The first kappa shape index (κ1) is 17.2. The molecule has 0 radical (unpaired) electrons. The maximum atomic E-state index is 12.7. The van der Waals surface area contributed by atoms with Crippen molar-refractivity contribution in [2.75, 3.05) is 0 Å². The molecule has 0 bridgehead atoms. The Balaban J connectivity index is 1.69. The summed E-state index contributed by atoms with van der Waals surface area (Å²) in [4.78, 5) is 30.6. The molecule has 4 nitrogen and oxygen atoms in total. The minimum atomic E-state index is -0.335. The molecule has 0 unspecified atom stereocenters. The van der Waals surface area contributed by atoms with E-state index in [1.807, 2.05) is 48.5 Å². The third-order valence-electron chi connectivity index (χ3n) is 4.40. The van der Waals surface area contributed by atoms with Crippen LogP contribution in [0, 0.1) is 11.8 Å². The van der Waals surface area contributed by atoms with Crippen LogP contribution in [0.1, 0.15) is 41.8 Å². The summed E-state index contributed by atoms with van der Waals surface area (Å²) < 4.78 is 0. The van der Waals surface area contributed by atoms with Crippen molar-refractivity contribution < 1.29 is 14.4 Å². The minimum Gasteiger partial charge on any atom is -0.337 e. The summed E-state index contributed by atoms with van der Waals surface area (Å²) in [6.45, 7) is 4.49. The Labute approximate surface area is 148 Å². The van der Waals surface area contributed by atoms with Crippen LogP contribution in [0.25, 0.3) is 0 Å². The number of hydroxylamine groups is 2. The summed E-state index contributed by atoms with van der Waals surface area (Å²) in [6, 6.07) is 17.3. The Morgan fingerprint density at radius 3 is 2.44 bits per heavy atom. The fourth-order valence-corrected chi connectivity index (χ4v) is 3.22. The summed E-state index contributed by atoms with van der Waals surface area (Å²) in [6.07, 6.45) is 1.34. The van der Waals surface area contributed by atoms with Crippen LogP contribution in [0.2, 0.25) is 0 Å². The van der Waals surface area contributed by atoms with Gasteiger partial charge in [0.2, 0.25) is 0 Å². The van der Waals surface area contributed by atoms with Gasteiger partial charge in [0.25, 0.3) is 5.91 Å². The number of nitrogens with zero attached hydrogens (tertiary/aromatic N) is 1. The number of carbonyl (C=O) groups is 2. The van der Waals surface area contributed by atoms with Crippen LogP contribution >= 0.6 is 0 Å². The van der Waals surface area contributed by atoms with Crippen molar-refractivity contribution >= 4 is 11.9 Å². The van der Waals surface area contributed by atoms with Crippen molar-refractivity contribution in [2.24, 2.45) is 11.8 Å². The largest absolute Gasteiger partial charge is 0.337 e. The van der Waals surface area contributed by atoms with E-state index in [1.54, 1.807) is 6.07 Å². The van der Waals surface area contributed by atoms with Crippen LogP contribution in [0.3, 0.4) is 0 Å². The lowest BCUT2D eigenvalue weighted by molar-refractivity contribution is -0.184. The van der Waals surface area contributed by atoms with E-state index in [0.29, 0.717) is 24.4 Å². The molecular weight excluding hydrogens is 314 g/mol. The topological polar surface area (TPSA) is 46.6 Å². The SMILES string of the molecule is CC(C)C[C@@H](Cc1ccccc1)C(=O)ON1Cc2ccccc2C1=O. The summed E-state index contributed by atoms with van der Waals surface area (Å²) in [5.41, 5.74) is 2.60. The Kier molecular flexibility index (Phi) is 5.17. The van der Waals surface area contributed by atoms with E-state index in [-0.39, 0.29) is 17.8 Å². The van der Waals surface area contributed by atoms with E-state index in [1.165, 1.54) is 5.06 Å². The zero-order valence-corrected chi connectivity index (χ0v) is 14.6. The lowest BCUT2D eigenvalue weighted by Gasteiger charge is -2.21. The molecule has 3 rings (SSSR count). The maximum Gasteiger partial charge on any atom is 0.335 e. The van der Waals surface area contributed by atoms with Crippen LogP contribution in [0.15, 0.2) is 54.6 Å². The second kappa shape index (κ2) is 7.51. The summed E-state index contributed by atoms with van der Waals surface area (Å²) in [7, 11) is 0. The smallest absolute Gasteiger partial charge is 0.335 e. The van der Waals surface area contributed by atoms with Gasteiger partial charge in [0.1, 0.15) is 0 Å². The molecular formula is C21H23NO3. The number of hydrogen-bond donors (Lipinski definition) is 0. The van der Waals surface area contributed by atoms with Crippen molar-refractivity contribution in [1.29, 1.82) is 0 Å². The van der Waals surface area contributed by atoms with E-state index in [2.05, 4.69) is 13.8 Å². The van der Waals surface area contributed by atoms with Crippen LogP contribution < -0.4 is 0 Å². The monoisotopic (exact) mass is 337 g/mol. The predicted molar refractivity (Wildman–Crippen MR) is 95.5 cm³/mol. The molecule has 4 heteroatoms. The van der Waals surface area contributed by atoms with Crippen molar-refractivity contribution in [1.82, 2.24) is 5.06 Å². The number of carbonyl (C=O) groups excluding carboxylic acids is 2. The summed E-state index contributed by atoms with van der Waals surface area (Å²) >= 11 is 0. The van der Waals surface area contributed by atoms with Crippen LogP contribution in [0.4, 0.5) is 0 Å². The first-order valence-electron chi connectivity index (χ1n) is 8.70. The molecule has 1 heterocycles. The molecule has 0 aliphatic carbocycles. The molecule has 0 aromatic heterocycles. The average molecular weight is 337 g/mol. The highest BCUT2D eigenvalue weighted by atomic mass is 16.7. The van der Waals surface area contributed by atoms with Gasteiger partial charge in [0.15, 0.2) is 0 Å². The van der Waals surface area contributed by atoms with Crippen molar-refractivity contribution in [3.05, 3.63) is 71.3 Å². The average Bonchev–Trinajstić information content (AvgIpc) is 2.91. The molecule has 2 aromatic rings. The van der Waals surface area contributed by atoms with Gasteiger partial charge in [-0.3, -0.25) is 4.79 Å². The lowest BCUT2D eigenvalue weighted by atomic mass is 9.91. The molecule has 1 aliphatic rings. The highest BCUT2D eigenvalue weighted by molar-refractivity contribution is 5.98. The Hall–Kier alpha value is -2.62. The standard InChI is InChI=1S/C21H23NO3/c1-15(2)12-18(13-16-8-4-3-5-9-16)21(24)25-22-14-17-10-6-7-11-19(17)20(22)23/h3-11,15,18H,12-14H2,1-2H3/t18-/m0/s1. The van der Waals surface area contributed by atoms with E-state index >= 15 is 0 Å². The van der Waals surface area contributed by atoms with Crippen LogP contribution in [0.5, 0.6) is 0 Å². The molecule has 0 saturated carbocycles. The van der Waals surface area contributed by atoms with Crippen LogP contribution in [-0.2, 0) is 22.6 Å². The van der Waals surface area contributed by atoms with E-state index in [0.717, 1.165) is 17.5 Å². The van der Waals surface area contributed by atoms with Gasteiger partial charge in [-0.15, -0.1) is 0 Å². The maximum absolute atomic E-state index is 12.7. The molecule has 0 spiro atoms. The molecule has 1 atom stereocenters. The van der Waals surface area contributed by atoms with Gasteiger partial charge in [0.05, 0.1) is 12.5 Å². The fourth-order valence-electron chi connectivity index (χ4n) is 3.22. The van der Waals surface area contributed by atoms with Gasteiger partial charge >= 0.3 is 5.97 Å². The van der Waals surface area contributed by atoms with Gasteiger partial charge in [-0.05, 0) is 36.0 Å². The van der Waals surface area contributed by atoms with Gasteiger partial charge in [0, 0.05) is 5.56 Å². The molecule has 25 heavy (non-hydrogen) atoms. The zero-order valence-electron chi connectivity index (χ0n) is 14.6. The number of rotatable bonds is 6. The van der Waals surface area contributed by atoms with Crippen molar-refractivity contribution in [3.63, 3.8) is 0 Å². The number of hydrogen-bond acceptors (Lipinski definition) is 3. The van der Waals surface area contributed by atoms with E-state index in [9.17, 15) is 9.59 Å². The highest BCUT2D eigenvalue weighted by Crippen LogP contribution is 2.25. The van der Waals surface area contributed by atoms with Crippen molar-refractivity contribution in [2.45, 2.75) is 33.2 Å². The quantitative estimate of drug-likeness (QED) is 0.800. The molecule has 2 aromatic carbocycles. The molecule has 0 N–H and O–H groups in total. The van der Waals surface area contributed by atoms with Gasteiger partial charge in [-0.2, -0.15) is 5.06 Å². The third kappa shape index (κ3) is 4.08. The van der Waals surface area contributed by atoms with Gasteiger partial charge in [-0.1, -0.05) is 62.4 Å². The molecule has 0 fully saturated rings. The molecule has 130 valence electrons. The first-order valence-corrected chi connectivity index (χ1v) is 8.70. The van der Waals surface area contributed by atoms with Crippen molar-refractivity contribution in [3.8, 4) is 0 Å². The number of fused-ring (bicyclic) bond motifs is 1. The first-order chi connectivity index (χ1) is 12.0. The van der Waals surface area contributed by atoms with Gasteiger partial charge < -0.3 is 4.84 Å². The Bertz CT molecular complexity index is 755. The number of amides is 1. The highest BCUT2D eigenvalue weighted by Gasteiger charge is 2.32. The summed E-state index contributed by atoms with van der Waals surface area (Å²) in [5, 5.41) is 1.19. The third-order valence-corrected chi connectivity index (χ3v) is 4.40. The normalized spacial score (nSPS) is 14.5.